The molecule has 2 amide bonds. The molecule has 7 nitrogen and oxygen atoms in total. The third-order valence-corrected chi connectivity index (χ3v) is 5.03. The second kappa shape index (κ2) is 7.29. The van der Waals surface area contributed by atoms with Gasteiger partial charge in [0.1, 0.15) is 6.10 Å². The van der Waals surface area contributed by atoms with E-state index in [-0.39, 0.29) is 17.9 Å². The van der Waals surface area contributed by atoms with Crippen LogP contribution < -0.4 is 0 Å². The van der Waals surface area contributed by atoms with Crippen molar-refractivity contribution in [3.05, 3.63) is 42.1 Å². The van der Waals surface area contributed by atoms with E-state index >= 15 is 0 Å². The molecule has 136 valence electrons. The van der Waals surface area contributed by atoms with Crippen LogP contribution in [-0.2, 0) is 9.53 Å². The summed E-state index contributed by atoms with van der Waals surface area (Å²) in [5, 5.41) is 6.85. The Morgan fingerprint density at radius 1 is 1.04 bits per heavy atom. The largest absolute Gasteiger partial charge is 0.368 e. The standard InChI is InChI=1S/C19H22N4O3/c24-18(15-5-3-14(4-6-15)16-7-8-20-21-16)22-9-11-23(12-10-22)19(25)17-2-1-13-26-17/h3-8,17H,1-2,9-13H2,(H,20,21). The van der Waals surface area contributed by atoms with E-state index in [1.807, 2.05) is 40.1 Å². The van der Waals surface area contributed by atoms with Gasteiger partial charge in [0.05, 0.1) is 5.69 Å². The number of H-pyrrole nitrogens is 1. The van der Waals surface area contributed by atoms with Gasteiger partial charge in [0.25, 0.3) is 11.8 Å². The topological polar surface area (TPSA) is 78.5 Å². The fourth-order valence-electron chi connectivity index (χ4n) is 3.50. The second-order valence-corrected chi connectivity index (χ2v) is 6.67. The summed E-state index contributed by atoms with van der Waals surface area (Å²) in [6.45, 7) is 2.91. The van der Waals surface area contributed by atoms with Gasteiger partial charge in [-0.05, 0) is 36.6 Å². The summed E-state index contributed by atoms with van der Waals surface area (Å²) in [7, 11) is 0. The van der Waals surface area contributed by atoms with Crippen LogP contribution in [0, 0.1) is 0 Å². The van der Waals surface area contributed by atoms with Crippen LogP contribution in [-0.4, -0.2) is 70.7 Å². The molecule has 0 aliphatic carbocycles. The fourth-order valence-corrected chi connectivity index (χ4v) is 3.50. The van der Waals surface area contributed by atoms with Gasteiger partial charge in [-0.15, -0.1) is 0 Å². The number of amides is 2. The molecular weight excluding hydrogens is 332 g/mol. The van der Waals surface area contributed by atoms with Crippen molar-refractivity contribution in [2.24, 2.45) is 0 Å². The Hall–Kier alpha value is -2.67. The Morgan fingerprint density at radius 3 is 2.38 bits per heavy atom. The van der Waals surface area contributed by atoms with Gasteiger partial charge >= 0.3 is 0 Å². The van der Waals surface area contributed by atoms with E-state index in [0.717, 1.165) is 24.1 Å². The zero-order valence-electron chi connectivity index (χ0n) is 14.6. The number of aromatic amines is 1. The molecule has 0 bridgehead atoms. The van der Waals surface area contributed by atoms with Crippen LogP contribution in [0.5, 0.6) is 0 Å². The average molecular weight is 354 g/mol. The summed E-state index contributed by atoms with van der Waals surface area (Å²) in [6, 6.07) is 9.39. The highest BCUT2D eigenvalue weighted by Crippen LogP contribution is 2.19. The van der Waals surface area contributed by atoms with Gasteiger partial charge in [-0.2, -0.15) is 5.10 Å². The Bertz CT molecular complexity index is 759. The number of nitrogens with zero attached hydrogens (tertiary/aromatic N) is 3. The lowest BCUT2D eigenvalue weighted by atomic mass is 10.1. The van der Waals surface area contributed by atoms with Gasteiger partial charge < -0.3 is 14.5 Å². The van der Waals surface area contributed by atoms with Gasteiger partial charge in [-0.25, -0.2) is 0 Å². The molecule has 0 spiro atoms. The molecule has 1 aromatic carbocycles. The van der Waals surface area contributed by atoms with E-state index in [1.165, 1.54) is 0 Å². The van der Waals surface area contributed by atoms with Gasteiger partial charge in [0.15, 0.2) is 0 Å². The summed E-state index contributed by atoms with van der Waals surface area (Å²) in [5.74, 6) is 0.0730. The Balaban J connectivity index is 1.35. The number of aromatic nitrogens is 2. The molecular formula is C19H22N4O3. The van der Waals surface area contributed by atoms with E-state index < -0.39 is 0 Å². The Labute approximate surface area is 151 Å². The Morgan fingerprint density at radius 2 is 1.77 bits per heavy atom. The number of benzene rings is 1. The van der Waals surface area contributed by atoms with Crippen LogP contribution in [0.25, 0.3) is 11.3 Å². The zero-order chi connectivity index (χ0) is 17.9. The third kappa shape index (κ3) is 3.35. The van der Waals surface area contributed by atoms with Crippen molar-refractivity contribution in [3.63, 3.8) is 0 Å². The molecule has 2 aromatic rings. The zero-order valence-corrected chi connectivity index (χ0v) is 14.6. The van der Waals surface area contributed by atoms with Crippen molar-refractivity contribution < 1.29 is 14.3 Å². The predicted octanol–water partition coefficient (Wildman–Crippen LogP) is 1.54. The van der Waals surface area contributed by atoms with Crippen molar-refractivity contribution in [1.82, 2.24) is 20.0 Å². The molecule has 1 N–H and O–H groups in total. The lowest BCUT2D eigenvalue weighted by Crippen LogP contribution is -2.52. The highest BCUT2D eigenvalue weighted by atomic mass is 16.5. The van der Waals surface area contributed by atoms with E-state index in [1.54, 1.807) is 6.20 Å². The maximum Gasteiger partial charge on any atom is 0.253 e. The summed E-state index contributed by atoms with van der Waals surface area (Å²) in [6.07, 6.45) is 3.17. The monoisotopic (exact) mass is 354 g/mol. The average Bonchev–Trinajstić information content (AvgIpc) is 3.41. The van der Waals surface area contributed by atoms with Crippen LogP contribution >= 0.6 is 0 Å². The highest BCUT2D eigenvalue weighted by molar-refractivity contribution is 5.95. The van der Waals surface area contributed by atoms with Crippen molar-refractivity contribution >= 4 is 11.8 Å². The maximum absolute atomic E-state index is 12.7. The molecule has 2 fully saturated rings. The summed E-state index contributed by atoms with van der Waals surface area (Å²) in [4.78, 5) is 28.7. The van der Waals surface area contributed by atoms with Gasteiger partial charge in [0.2, 0.25) is 0 Å². The van der Waals surface area contributed by atoms with Gasteiger partial charge in [-0.3, -0.25) is 14.7 Å². The molecule has 2 aliphatic rings. The summed E-state index contributed by atoms with van der Waals surface area (Å²) in [5.41, 5.74) is 2.57. The molecule has 3 heterocycles. The number of hydrogen-bond donors (Lipinski definition) is 1. The molecule has 2 aliphatic heterocycles. The van der Waals surface area contributed by atoms with E-state index in [2.05, 4.69) is 10.2 Å². The number of hydrogen-bond acceptors (Lipinski definition) is 4. The van der Waals surface area contributed by atoms with Crippen LogP contribution in [0.1, 0.15) is 23.2 Å². The molecule has 26 heavy (non-hydrogen) atoms. The molecule has 2 saturated heterocycles. The van der Waals surface area contributed by atoms with Gasteiger partial charge in [-0.1, -0.05) is 12.1 Å². The molecule has 1 atom stereocenters. The molecule has 1 unspecified atom stereocenters. The number of carbonyl (C=O) groups excluding carboxylic acids is 2. The molecule has 4 rings (SSSR count). The van der Waals surface area contributed by atoms with E-state index in [0.29, 0.717) is 38.3 Å². The van der Waals surface area contributed by atoms with Crippen LogP contribution in [0.4, 0.5) is 0 Å². The van der Waals surface area contributed by atoms with Crippen molar-refractivity contribution in [2.45, 2.75) is 18.9 Å². The third-order valence-electron chi connectivity index (χ3n) is 5.03. The molecule has 1 aromatic heterocycles. The highest BCUT2D eigenvalue weighted by Gasteiger charge is 2.31. The normalized spacial score (nSPS) is 20.4. The quantitative estimate of drug-likeness (QED) is 0.907. The lowest BCUT2D eigenvalue weighted by molar-refractivity contribution is -0.142. The van der Waals surface area contributed by atoms with Crippen LogP contribution in [0.3, 0.4) is 0 Å². The minimum atomic E-state index is -0.285. The Kier molecular flexibility index (Phi) is 4.71. The number of ether oxygens (including phenoxy) is 1. The van der Waals surface area contributed by atoms with Crippen molar-refractivity contribution in [2.75, 3.05) is 32.8 Å². The predicted molar refractivity (Wildman–Crippen MR) is 95.5 cm³/mol. The molecule has 0 saturated carbocycles. The number of rotatable bonds is 3. The SMILES string of the molecule is O=C(c1ccc(-c2ccn[nH]2)cc1)N1CCN(C(=O)C2CCCO2)CC1. The first-order valence-electron chi connectivity index (χ1n) is 9.02. The first kappa shape index (κ1) is 16.8. The van der Waals surface area contributed by atoms with Crippen molar-refractivity contribution in [1.29, 1.82) is 0 Å². The fraction of sp³-hybridized carbons (Fsp3) is 0.421. The summed E-state index contributed by atoms with van der Waals surface area (Å²) < 4.78 is 5.47. The van der Waals surface area contributed by atoms with E-state index in [4.69, 9.17) is 4.74 Å². The van der Waals surface area contributed by atoms with Crippen molar-refractivity contribution in [3.8, 4) is 11.3 Å². The lowest BCUT2D eigenvalue weighted by Gasteiger charge is -2.35. The number of nitrogens with one attached hydrogen (secondary N) is 1. The van der Waals surface area contributed by atoms with Gasteiger partial charge in [0, 0.05) is 44.5 Å². The first-order valence-corrected chi connectivity index (χ1v) is 9.02. The second-order valence-electron chi connectivity index (χ2n) is 6.67. The summed E-state index contributed by atoms with van der Waals surface area (Å²) >= 11 is 0. The number of piperazine rings is 1. The smallest absolute Gasteiger partial charge is 0.253 e. The van der Waals surface area contributed by atoms with E-state index in [9.17, 15) is 9.59 Å². The maximum atomic E-state index is 12.7. The minimum absolute atomic E-state index is 0.00498. The van der Waals surface area contributed by atoms with Crippen LogP contribution in [0.2, 0.25) is 0 Å². The molecule has 7 heteroatoms. The minimum Gasteiger partial charge on any atom is -0.368 e. The molecule has 0 radical (unpaired) electrons. The first-order chi connectivity index (χ1) is 12.7. The number of carbonyl (C=O) groups is 2. The van der Waals surface area contributed by atoms with Crippen LogP contribution in [0.15, 0.2) is 36.5 Å².